The fourth-order valence-electron chi connectivity index (χ4n) is 1.79. The zero-order chi connectivity index (χ0) is 12.4. The zero-order valence-electron chi connectivity index (χ0n) is 10.9. The molecule has 96 valence electrons. The van der Waals surface area contributed by atoms with E-state index in [4.69, 9.17) is 18.8 Å². The van der Waals surface area contributed by atoms with E-state index in [-0.39, 0.29) is 12.2 Å². The van der Waals surface area contributed by atoms with Gasteiger partial charge in [-0.2, -0.15) is 0 Å². The van der Waals surface area contributed by atoms with Crippen molar-refractivity contribution in [3.8, 4) is 0 Å². The summed E-state index contributed by atoms with van der Waals surface area (Å²) in [4.78, 5) is 0. The average Bonchev–Trinajstić information content (AvgIpc) is 2.36. The maximum absolute atomic E-state index is 6.05. The molecule has 0 aromatic heterocycles. The van der Waals surface area contributed by atoms with Crippen LogP contribution in [0.2, 0.25) is 9.84 Å². The Morgan fingerprint density at radius 2 is 1.44 bits per heavy atom. The Morgan fingerprint density at radius 3 is 1.88 bits per heavy atom. The monoisotopic (exact) mass is 358 g/mol. The van der Waals surface area contributed by atoms with Crippen molar-refractivity contribution in [2.75, 3.05) is 21.3 Å². The molecule has 0 aliphatic carbocycles. The van der Waals surface area contributed by atoms with Gasteiger partial charge in [-0.1, -0.05) is 0 Å². The Bertz CT molecular complexity index is 236. The molecule has 0 radical (unpaired) electrons. The van der Waals surface area contributed by atoms with Gasteiger partial charge in [0.05, 0.1) is 0 Å². The average molecular weight is 355 g/mol. The zero-order valence-corrected chi connectivity index (χ0v) is 15.1. The van der Waals surface area contributed by atoms with Crippen LogP contribution in [0.15, 0.2) is 0 Å². The Hall–Kier alpha value is 0.886. The molecular formula is C9H22Ge2O5. The molecule has 0 N–H and O–H groups in total. The SMILES string of the molecule is C[O][Ge]1([CH3])[CH2][Ge]([O]C)([O]C)[O]C(C)C(C)[O]1. The summed E-state index contributed by atoms with van der Waals surface area (Å²) in [6, 6.07) is 0. The number of rotatable bonds is 3. The summed E-state index contributed by atoms with van der Waals surface area (Å²) in [6.45, 7) is 4.00. The predicted octanol–water partition coefficient (Wildman–Crippen LogP) is 1.30. The van der Waals surface area contributed by atoms with Gasteiger partial charge in [0.15, 0.2) is 0 Å². The van der Waals surface area contributed by atoms with Crippen LogP contribution in [0.25, 0.3) is 0 Å². The second kappa shape index (κ2) is 5.68. The molecule has 0 bridgehead atoms. The molecule has 16 heavy (non-hydrogen) atoms. The standard InChI is InChI=1S/C9H22Ge2O5/c1-8-9(2)16-11(13-5,14-6)7-10(3,12-4)15-8/h8-9H,7H2,1-6H3. The Labute approximate surface area is 104 Å². The van der Waals surface area contributed by atoms with Gasteiger partial charge in [0, 0.05) is 0 Å². The molecule has 7 heteroatoms. The van der Waals surface area contributed by atoms with Crippen molar-refractivity contribution in [3.05, 3.63) is 0 Å². The van der Waals surface area contributed by atoms with E-state index < -0.39 is 28.2 Å². The van der Waals surface area contributed by atoms with Crippen LogP contribution in [0.3, 0.4) is 0 Å². The van der Waals surface area contributed by atoms with Gasteiger partial charge >= 0.3 is 104 Å². The van der Waals surface area contributed by atoms with Crippen LogP contribution in [-0.2, 0) is 18.8 Å². The van der Waals surface area contributed by atoms with Crippen LogP contribution >= 0.6 is 0 Å². The molecule has 5 nitrogen and oxygen atoms in total. The van der Waals surface area contributed by atoms with Gasteiger partial charge in [0.25, 0.3) is 0 Å². The fraction of sp³-hybridized carbons (Fsp3) is 1.00. The molecule has 1 saturated heterocycles. The number of hydrogen-bond donors (Lipinski definition) is 0. The van der Waals surface area contributed by atoms with E-state index in [9.17, 15) is 0 Å². The second-order valence-corrected chi connectivity index (χ2v) is 20.0. The molecule has 0 aromatic rings. The molecule has 0 aromatic carbocycles. The van der Waals surface area contributed by atoms with Crippen molar-refractivity contribution in [1.29, 1.82) is 0 Å². The molecule has 1 rings (SSSR count). The van der Waals surface area contributed by atoms with Gasteiger partial charge in [-0.05, 0) is 0 Å². The molecular weight excluding hydrogens is 333 g/mol. The normalized spacial score (nSPS) is 39.4. The second-order valence-electron chi connectivity index (χ2n) is 4.25. The summed E-state index contributed by atoms with van der Waals surface area (Å²) in [5.41, 5.74) is 0. The van der Waals surface area contributed by atoms with Gasteiger partial charge in [-0.25, -0.2) is 0 Å². The van der Waals surface area contributed by atoms with Crippen LogP contribution in [0.5, 0.6) is 0 Å². The van der Waals surface area contributed by atoms with E-state index in [1.54, 1.807) is 21.3 Å². The predicted molar refractivity (Wildman–Crippen MR) is 64.3 cm³/mol. The fourth-order valence-corrected chi connectivity index (χ4v) is 24.4. The molecule has 1 fully saturated rings. The van der Waals surface area contributed by atoms with E-state index in [0.717, 1.165) is 4.09 Å². The summed E-state index contributed by atoms with van der Waals surface area (Å²) in [7, 11) is 5.02. The maximum atomic E-state index is 6.05. The van der Waals surface area contributed by atoms with Crippen LogP contribution < -0.4 is 0 Å². The van der Waals surface area contributed by atoms with Gasteiger partial charge in [-0.15, -0.1) is 0 Å². The third kappa shape index (κ3) is 3.21. The molecule has 1 aliphatic rings. The summed E-state index contributed by atoms with van der Waals surface area (Å²) in [5.74, 6) is 2.08. The van der Waals surface area contributed by atoms with Gasteiger partial charge < -0.3 is 0 Å². The van der Waals surface area contributed by atoms with Gasteiger partial charge in [0.2, 0.25) is 0 Å². The van der Waals surface area contributed by atoms with Crippen molar-refractivity contribution in [1.82, 2.24) is 0 Å². The minimum atomic E-state index is -3.16. The van der Waals surface area contributed by atoms with Crippen molar-refractivity contribution in [2.24, 2.45) is 0 Å². The van der Waals surface area contributed by atoms with E-state index in [2.05, 4.69) is 5.76 Å². The van der Waals surface area contributed by atoms with Crippen molar-refractivity contribution in [2.45, 2.75) is 35.9 Å². The van der Waals surface area contributed by atoms with Crippen molar-refractivity contribution < 1.29 is 18.8 Å². The third-order valence-corrected chi connectivity index (χ3v) is 24.8. The molecule has 0 saturated carbocycles. The number of hydrogen-bond acceptors (Lipinski definition) is 5. The van der Waals surface area contributed by atoms with Crippen LogP contribution in [0.4, 0.5) is 0 Å². The molecule has 3 unspecified atom stereocenters. The van der Waals surface area contributed by atoms with Gasteiger partial charge in [-0.3, -0.25) is 0 Å². The molecule has 0 amide bonds. The molecule has 3 atom stereocenters. The molecule has 1 aliphatic heterocycles. The topological polar surface area (TPSA) is 46.2 Å². The quantitative estimate of drug-likeness (QED) is 0.714. The Kier molecular flexibility index (Phi) is 5.31. The van der Waals surface area contributed by atoms with Crippen LogP contribution in [-0.4, -0.2) is 61.8 Å². The Balaban J connectivity index is 2.96. The van der Waals surface area contributed by atoms with Crippen LogP contribution in [0, 0.1) is 0 Å². The minimum absolute atomic E-state index is 0.0116. The third-order valence-electron chi connectivity index (χ3n) is 3.05. The van der Waals surface area contributed by atoms with Crippen molar-refractivity contribution >= 4 is 28.2 Å². The summed E-state index contributed by atoms with van der Waals surface area (Å²) in [5, 5.41) is 0. The first kappa shape index (κ1) is 14.9. The first-order valence-corrected chi connectivity index (χ1v) is 14.8. The molecule has 1 heterocycles. The Morgan fingerprint density at radius 1 is 0.938 bits per heavy atom. The first-order valence-electron chi connectivity index (χ1n) is 5.41. The summed E-state index contributed by atoms with van der Waals surface area (Å²) >= 11 is -5.93. The van der Waals surface area contributed by atoms with E-state index in [0.29, 0.717) is 0 Å². The first-order chi connectivity index (χ1) is 7.40. The summed E-state index contributed by atoms with van der Waals surface area (Å²) < 4.78 is 29.5. The van der Waals surface area contributed by atoms with Crippen molar-refractivity contribution in [3.63, 3.8) is 0 Å². The molecule has 0 spiro atoms. The summed E-state index contributed by atoms with van der Waals surface area (Å²) in [6.07, 6.45) is 0.0187. The van der Waals surface area contributed by atoms with E-state index in [1.165, 1.54) is 0 Å². The van der Waals surface area contributed by atoms with Crippen LogP contribution in [0.1, 0.15) is 13.8 Å². The van der Waals surface area contributed by atoms with E-state index in [1.807, 2.05) is 13.8 Å². The van der Waals surface area contributed by atoms with E-state index >= 15 is 0 Å². The van der Waals surface area contributed by atoms with Gasteiger partial charge in [0.1, 0.15) is 0 Å².